The number of hydrogen-bond acceptors (Lipinski definition) is 2. The van der Waals surface area contributed by atoms with Gasteiger partial charge in [0, 0.05) is 6.08 Å². The molecular weight excluding hydrogens is 238 g/mol. The van der Waals surface area contributed by atoms with Crippen LogP contribution in [0, 0.1) is 27.7 Å². The molecular formula is C16H23NO2. The Balaban J connectivity index is 3.42. The molecule has 1 unspecified atom stereocenters. The van der Waals surface area contributed by atoms with Crippen molar-refractivity contribution >= 4 is 5.97 Å². The van der Waals surface area contributed by atoms with Crippen molar-refractivity contribution in [2.75, 3.05) is 14.1 Å². The van der Waals surface area contributed by atoms with Gasteiger partial charge < -0.3 is 5.11 Å². The van der Waals surface area contributed by atoms with Crippen LogP contribution in [0.3, 0.4) is 0 Å². The van der Waals surface area contributed by atoms with Crippen LogP contribution >= 0.6 is 0 Å². The van der Waals surface area contributed by atoms with E-state index in [1.165, 1.54) is 33.9 Å². The summed E-state index contributed by atoms with van der Waals surface area (Å²) in [6, 6.07) is 2.16. The van der Waals surface area contributed by atoms with Crippen LogP contribution < -0.4 is 0 Å². The van der Waals surface area contributed by atoms with Gasteiger partial charge in [0.25, 0.3) is 0 Å². The maximum Gasteiger partial charge on any atom is 0.328 e. The molecule has 0 aliphatic carbocycles. The van der Waals surface area contributed by atoms with Gasteiger partial charge in [0.15, 0.2) is 0 Å². The molecule has 0 fully saturated rings. The van der Waals surface area contributed by atoms with Crippen molar-refractivity contribution in [1.82, 2.24) is 4.90 Å². The van der Waals surface area contributed by atoms with Gasteiger partial charge in [0.05, 0.1) is 6.04 Å². The third-order valence-electron chi connectivity index (χ3n) is 3.70. The molecule has 0 saturated heterocycles. The van der Waals surface area contributed by atoms with Crippen LogP contribution in [0.4, 0.5) is 0 Å². The lowest BCUT2D eigenvalue weighted by Crippen LogP contribution is -2.21. The molecule has 1 rings (SSSR count). The number of carboxylic acid groups (broad SMARTS) is 1. The predicted molar refractivity (Wildman–Crippen MR) is 78.6 cm³/mol. The molecule has 0 spiro atoms. The van der Waals surface area contributed by atoms with Crippen molar-refractivity contribution in [3.8, 4) is 0 Å². The Kier molecular flexibility index (Phi) is 4.90. The minimum Gasteiger partial charge on any atom is -0.478 e. The molecule has 1 aromatic carbocycles. The van der Waals surface area contributed by atoms with Gasteiger partial charge in [-0.05, 0) is 69.6 Å². The van der Waals surface area contributed by atoms with Crippen molar-refractivity contribution in [2.45, 2.75) is 33.7 Å². The second-order valence-corrected chi connectivity index (χ2v) is 5.28. The van der Waals surface area contributed by atoms with E-state index in [1.54, 1.807) is 6.08 Å². The zero-order chi connectivity index (χ0) is 14.7. The van der Waals surface area contributed by atoms with Crippen molar-refractivity contribution in [3.05, 3.63) is 46.0 Å². The summed E-state index contributed by atoms with van der Waals surface area (Å²) in [5.41, 5.74) is 6.16. The number of aliphatic carboxylic acids is 1. The fraction of sp³-hybridized carbons (Fsp3) is 0.438. The number of benzene rings is 1. The molecule has 0 bridgehead atoms. The minimum absolute atomic E-state index is 0.0188. The van der Waals surface area contributed by atoms with Gasteiger partial charge in [-0.1, -0.05) is 12.1 Å². The Hall–Kier alpha value is -1.61. The lowest BCUT2D eigenvalue weighted by Gasteiger charge is -2.27. The van der Waals surface area contributed by atoms with Gasteiger partial charge in [-0.2, -0.15) is 0 Å². The molecule has 0 aliphatic rings. The molecule has 1 atom stereocenters. The highest BCUT2D eigenvalue weighted by Crippen LogP contribution is 2.30. The van der Waals surface area contributed by atoms with Crippen molar-refractivity contribution in [3.63, 3.8) is 0 Å². The summed E-state index contributed by atoms with van der Waals surface area (Å²) in [4.78, 5) is 12.8. The van der Waals surface area contributed by atoms with Crippen LogP contribution in [0.25, 0.3) is 0 Å². The van der Waals surface area contributed by atoms with E-state index in [9.17, 15) is 4.79 Å². The normalized spacial score (nSPS) is 13.2. The van der Waals surface area contributed by atoms with Crippen molar-refractivity contribution < 1.29 is 9.90 Å². The van der Waals surface area contributed by atoms with Gasteiger partial charge in [0.1, 0.15) is 0 Å². The fourth-order valence-corrected chi connectivity index (χ4v) is 2.39. The molecule has 0 amide bonds. The van der Waals surface area contributed by atoms with E-state index >= 15 is 0 Å². The third-order valence-corrected chi connectivity index (χ3v) is 3.70. The van der Waals surface area contributed by atoms with Crippen LogP contribution in [0.5, 0.6) is 0 Å². The fourth-order valence-electron chi connectivity index (χ4n) is 2.39. The zero-order valence-corrected chi connectivity index (χ0v) is 12.6. The molecule has 0 radical (unpaired) electrons. The Morgan fingerprint density at radius 1 is 1.16 bits per heavy atom. The molecule has 19 heavy (non-hydrogen) atoms. The highest BCUT2D eigenvalue weighted by atomic mass is 16.4. The van der Waals surface area contributed by atoms with E-state index in [-0.39, 0.29) is 6.04 Å². The SMILES string of the molecule is Cc1cc(C)c(C)c(C(/C=C/C(=O)O)N(C)C)c1C. The van der Waals surface area contributed by atoms with Crippen LogP contribution in [-0.2, 0) is 4.79 Å². The molecule has 0 aromatic heterocycles. The predicted octanol–water partition coefficient (Wildman–Crippen LogP) is 3.16. The number of aryl methyl sites for hydroxylation is 2. The van der Waals surface area contributed by atoms with Gasteiger partial charge in [0.2, 0.25) is 0 Å². The monoisotopic (exact) mass is 261 g/mol. The lowest BCUT2D eigenvalue weighted by atomic mass is 9.89. The molecule has 3 nitrogen and oxygen atoms in total. The van der Waals surface area contributed by atoms with Crippen molar-refractivity contribution in [1.29, 1.82) is 0 Å². The summed E-state index contributed by atoms with van der Waals surface area (Å²) in [6.07, 6.45) is 2.97. The smallest absolute Gasteiger partial charge is 0.328 e. The van der Waals surface area contributed by atoms with E-state index in [0.717, 1.165) is 0 Å². The first-order valence-electron chi connectivity index (χ1n) is 6.40. The highest BCUT2D eigenvalue weighted by Gasteiger charge is 2.18. The maximum atomic E-state index is 10.8. The first-order valence-corrected chi connectivity index (χ1v) is 6.40. The zero-order valence-electron chi connectivity index (χ0n) is 12.6. The summed E-state index contributed by atoms with van der Waals surface area (Å²) < 4.78 is 0. The van der Waals surface area contributed by atoms with E-state index in [4.69, 9.17) is 5.11 Å². The van der Waals surface area contributed by atoms with E-state index in [0.29, 0.717) is 0 Å². The molecule has 0 saturated carbocycles. The molecule has 0 aliphatic heterocycles. The topological polar surface area (TPSA) is 40.5 Å². The molecule has 1 aromatic rings. The Morgan fingerprint density at radius 2 is 1.63 bits per heavy atom. The van der Waals surface area contributed by atoms with Gasteiger partial charge >= 0.3 is 5.97 Å². The molecule has 1 N–H and O–H groups in total. The standard InChI is InChI=1S/C16H23NO2/c1-10-9-11(2)13(4)16(12(10)3)14(17(5)6)7-8-15(18)19/h7-9,14H,1-6H3,(H,18,19)/b8-7+. The summed E-state index contributed by atoms with van der Waals surface area (Å²) in [6.45, 7) is 8.39. The highest BCUT2D eigenvalue weighted by molar-refractivity contribution is 5.79. The number of carbonyl (C=O) groups is 1. The second kappa shape index (κ2) is 6.02. The lowest BCUT2D eigenvalue weighted by molar-refractivity contribution is -0.131. The third kappa shape index (κ3) is 3.44. The average molecular weight is 261 g/mol. The molecule has 104 valence electrons. The van der Waals surface area contributed by atoms with E-state index in [1.807, 2.05) is 19.0 Å². The Labute approximate surface area is 115 Å². The number of rotatable bonds is 4. The van der Waals surface area contributed by atoms with Crippen LogP contribution in [-0.4, -0.2) is 30.1 Å². The Morgan fingerprint density at radius 3 is 2.00 bits per heavy atom. The van der Waals surface area contributed by atoms with E-state index < -0.39 is 5.97 Å². The average Bonchev–Trinajstić information content (AvgIpc) is 2.30. The summed E-state index contributed by atoms with van der Waals surface area (Å²) in [5.74, 6) is -0.911. The van der Waals surface area contributed by atoms with Gasteiger partial charge in [-0.15, -0.1) is 0 Å². The minimum atomic E-state index is -0.911. The van der Waals surface area contributed by atoms with E-state index in [2.05, 4.69) is 33.8 Å². The van der Waals surface area contributed by atoms with Crippen LogP contribution in [0.1, 0.15) is 33.9 Å². The molecule has 3 heteroatoms. The first kappa shape index (κ1) is 15.4. The largest absolute Gasteiger partial charge is 0.478 e. The quantitative estimate of drug-likeness (QED) is 0.846. The van der Waals surface area contributed by atoms with Crippen molar-refractivity contribution in [2.24, 2.45) is 0 Å². The van der Waals surface area contributed by atoms with Crippen LogP contribution in [0.15, 0.2) is 18.2 Å². The Bertz CT molecular complexity index is 490. The number of carboxylic acids is 1. The van der Waals surface area contributed by atoms with Gasteiger partial charge in [-0.25, -0.2) is 4.79 Å². The summed E-state index contributed by atoms with van der Waals surface area (Å²) >= 11 is 0. The second-order valence-electron chi connectivity index (χ2n) is 5.28. The number of hydrogen-bond donors (Lipinski definition) is 1. The molecule has 0 heterocycles. The summed E-state index contributed by atoms with van der Waals surface area (Å²) in [5, 5.41) is 8.83. The number of nitrogens with zero attached hydrogens (tertiary/aromatic N) is 1. The maximum absolute atomic E-state index is 10.8. The number of likely N-dealkylation sites (N-methyl/N-ethyl adjacent to an activating group) is 1. The summed E-state index contributed by atoms with van der Waals surface area (Å²) in [7, 11) is 3.93. The van der Waals surface area contributed by atoms with Crippen LogP contribution in [0.2, 0.25) is 0 Å². The first-order chi connectivity index (χ1) is 8.75. The van der Waals surface area contributed by atoms with Gasteiger partial charge in [-0.3, -0.25) is 4.90 Å².